The first-order valence-corrected chi connectivity index (χ1v) is 5.48. The van der Waals surface area contributed by atoms with Crippen LogP contribution in [-0.4, -0.2) is 17.6 Å². The van der Waals surface area contributed by atoms with Crippen LogP contribution in [0.2, 0.25) is 0 Å². The largest absolute Gasteiger partial charge is 0.465 e. The molecule has 0 N–H and O–H groups in total. The highest BCUT2D eigenvalue weighted by Gasteiger charge is 2.10. The molecule has 0 saturated carbocycles. The molecule has 2 rings (SSSR count). The van der Waals surface area contributed by atoms with Crippen LogP contribution in [0, 0.1) is 0 Å². The molecule has 2 aromatic rings. The van der Waals surface area contributed by atoms with E-state index in [4.69, 9.17) is 4.74 Å². The Morgan fingerprint density at radius 3 is 2.65 bits per heavy atom. The van der Waals surface area contributed by atoms with Crippen molar-refractivity contribution in [3.63, 3.8) is 0 Å². The number of carbonyl (C=O) groups is 1. The van der Waals surface area contributed by atoms with Gasteiger partial charge in [0.2, 0.25) is 0 Å². The van der Waals surface area contributed by atoms with Crippen LogP contribution in [-0.2, 0) is 18.2 Å². The standard InChI is InChI=1S/C14H15NO2/c1-15-10-12(14(16)17-2)9-13(15)8-11-6-4-3-5-7-11/h3-7,9-10H,8H2,1-2H3. The van der Waals surface area contributed by atoms with Gasteiger partial charge in [-0.2, -0.15) is 0 Å². The fourth-order valence-corrected chi connectivity index (χ4v) is 1.82. The highest BCUT2D eigenvalue weighted by Crippen LogP contribution is 2.13. The molecule has 0 unspecified atom stereocenters. The average Bonchev–Trinajstić information content (AvgIpc) is 2.71. The maximum Gasteiger partial charge on any atom is 0.339 e. The Hall–Kier alpha value is -2.03. The minimum absolute atomic E-state index is 0.292. The molecule has 0 fully saturated rings. The SMILES string of the molecule is COC(=O)c1cc(Cc2ccccc2)n(C)c1. The van der Waals surface area contributed by atoms with E-state index in [1.54, 1.807) is 6.20 Å². The molecule has 0 aliphatic carbocycles. The zero-order chi connectivity index (χ0) is 12.3. The zero-order valence-electron chi connectivity index (χ0n) is 10.0. The topological polar surface area (TPSA) is 31.2 Å². The van der Waals surface area contributed by atoms with E-state index in [1.165, 1.54) is 12.7 Å². The lowest BCUT2D eigenvalue weighted by atomic mass is 10.1. The molecule has 0 amide bonds. The van der Waals surface area contributed by atoms with E-state index in [9.17, 15) is 4.79 Å². The summed E-state index contributed by atoms with van der Waals surface area (Å²) >= 11 is 0. The second-order valence-corrected chi connectivity index (χ2v) is 3.98. The van der Waals surface area contributed by atoms with Crippen LogP contribution in [0.15, 0.2) is 42.6 Å². The van der Waals surface area contributed by atoms with Crippen LogP contribution in [0.3, 0.4) is 0 Å². The van der Waals surface area contributed by atoms with Crippen molar-refractivity contribution >= 4 is 5.97 Å². The number of hydrogen-bond donors (Lipinski definition) is 0. The molecule has 0 spiro atoms. The van der Waals surface area contributed by atoms with E-state index < -0.39 is 0 Å². The molecule has 0 atom stereocenters. The number of aryl methyl sites for hydroxylation is 1. The van der Waals surface area contributed by atoms with Gasteiger partial charge in [-0.25, -0.2) is 4.79 Å². The van der Waals surface area contributed by atoms with Gasteiger partial charge in [0.25, 0.3) is 0 Å². The minimum atomic E-state index is -0.292. The fourth-order valence-electron chi connectivity index (χ4n) is 1.82. The summed E-state index contributed by atoms with van der Waals surface area (Å²) in [5.41, 5.74) is 2.92. The average molecular weight is 229 g/mol. The Morgan fingerprint density at radius 2 is 2.00 bits per heavy atom. The van der Waals surface area contributed by atoms with Crippen LogP contribution in [0.25, 0.3) is 0 Å². The van der Waals surface area contributed by atoms with Gasteiger partial charge in [-0.3, -0.25) is 0 Å². The minimum Gasteiger partial charge on any atom is -0.465 e. The first-order chi connectivity index (χ1) is 8.20. The predicted octanol–water partition coefficient (Wildman–Crippen LogP) is 2.40. The van der Waals surface area contributed by atoms with Gasteiger partial charge >= 0.3 is 5.97 Å². The Labute approximate surface area is 101 Å². The normalized spacial score (nSPS) is 10.2. The Kier molecular flexibility index (Phi) is 3.28. The third-order valence-corrected chi connectivity index (χ3v) is 2.76. The molecule has 3 nitrogen and oxygen atoms in total. The summed E-state index contributed by atoms with van der Waals surface area (Å²) in [5, 5.41) is 0. The smallest absolute Gasteiger partial charge is 0.339 e. The van der Waals surface area contributed by atoms with Crippen LogP contribution >= 0.6 is 0 Å². The second-order valence-electron chi connectivity index (χ2n) is 3.98. The van der Waals surface area contributed by atoms with E-state index in [1.807, 2.05) is 35.9 Å². The summed E-state index contributed by atoms with van der Waals surface area (Å²) < 4.78 is 6.66. The number of hydrogen-bond acceptors (Lipinski definition) is 2. The number of esters is 1. The first kappa shape index (κ1) is 11.5. The Morgan fingerprint density at radius 1 is 1.29 bits per heavy atom. The number of benzene rings is 1. The number of methoxy groups -OCH3 is 1. The van der Waals surface area contributed by atoms with Gasteiger partial charge < -0.3 is 9.30 Å². The molecule has 0 aliphatic rings. The summed E-state index contributed by atoms with van der Waals surface area (Å²) in [6, 6.07) is 12.0. The monoisotopic (exact) mass is 229 g/mol. The van der Waals surface area contributed by atoms with Crippen molar-refractivity contribution in [1.29, 1.82) is 0 Å². The van der Waals surface area contributed by atoms with Crippen molar-refractivity contribution in [1.82, 2.24) is 4.57 Å². The maximum absolute atomic E-state index is 11.4. The van der Waals surface area contributed by atoms with E-state index in [2.05, 4.69) is 12.1 Å². The second kappa shape index (κ2) is 4.87. The summed E-state index contributed by atoms with van der Waals surface area (Å²) in [7, 11) is 3.33. The fraction of sp³-hybridized carbons (Fsp3) is 0.214. The molecule has 17 heavy (non-hydrogen) atoms. The van der Waals surface area contributed by atoms with Crippen LogP contribution in [0.5, 0.6) is 0 Å². The molecule has 0 radical (unpaired) electrons. The van der Waals surface area contributed by atoms with Gasteiger partial charge in [0.15, 0.2) is 0 Å². The van der Waals surface area contributed by atoms with E-state index in [0.29, 0.717) is 5.56 Å². The van der Waals surface area contributed by atoms with E-state index in [0.717, 1.165) is 12.1 Å². The van der Waals surface area contributed by atoms with E-state index in [-0.39, 0.29) is 5.97 Å². The third-order valence-electron chi connectivity index (χ3n) is 2.76. The molecule has 1 heterocycles. The van der Waals surface area contributed by atoms with Crippen molar-refractivity contribution in [2.45, 2.75) is 6.42 Å². The van der Waals surface area contributed by atoms with E-state index >= 15 is 0 Å². The van der Waals surface area contributed by atoms with Crippen LogP contribution in [0.4, 0.5) is 0 Å². The lowest BCUT2D eigenvalue weighted by Gasteiger charge is -2.02. The number of carbonyl (C=O) groups excluding carboxylic acids is 1. The summed E-state index contributed by atoms with van der Waals surface area (Å²) in [5.74, 6) is -0.292. The lowest BCUT2D eigenvalue weighted by molar-refractivity contribution is 0.0600. The van der Waals surface area contributed by atoms with Crippen molar-refractivity contribution in [3.05, 3.63) is 59.4 Å². The molecule has 0 aliphatic heterocycles. The van der Waals surface area contributed by atoms with Gasteiger partial charge in [0, 0.05) is 25.4 Å². The van der Waals surface area contributed by atoms with Crippen molar-refractivity contribution in [2.24, 2.45) is 7.05 Å². The Balaban J connectivity index is 2.22. The number of aromatic nitrogens is 1. The highest BCUT2D eigenvalue weighted by atomic mass is 16.5. The summed E-state index contributed by atoms with van der Waals surface area (Å²) in [4.78, 5) is 11.4. The predicted molar refractivity (Wildman–Crippen MR) is 66.0 cm³/mol. The van der Waals surface area contributed by atoms with Gasteiger partial charge in [0.1, 0.15) is 0 Å². The summed E-state index contributed by atoms with van der Waals surface area (Å²) in [6.07, 6.45) is 2.61. The maximum atomic E-state index is 11.4. The quantitative estimate of drug-likeness (QED) is 0.757. The van der Waals surface area contributed by atoms with Gasteiger partial charge in [0.05, 0.1) is 12.7 Å². The molecule has 3 heteroatoms. The zero-order valence-corrected chi connectivity index (χ0v) is 10.0. The van der Waals surface area contributed by atoms with Gasteiger partial charge in [-0.05, 0) is 11.6 Å². The highest BCUT2D eigenvalue weighted by molar-refractivity contribution is 5.89. The molecular weight excluding hydrogens is 214 g/mol. The number of nitrogens with zero attached hydrogens (tertiary/aromatic N) is 1. The summed E-state index contributed by atoms with van der Waals surface area (Å²) in [6.45, 7) is 0. The molecule has 0 saturated heterocycles. The van der Waals surface area contributed by atoms with Crippen LogP contribution < -0.4 is 0 Å². The molecular formula is C14H15NO2. The molecule has 1 aromatic carbocycles. The molecule has 1 aromatic heterocycles. The lowest BCUT2D eigenvalue weighted by Crippen LogP contribution is -1.98. The van der Waals surface area contributed by atoms with Crippen molar-refractivity contribution in [3.8, 4) is 0 Å². The van der Waals surface area contributed by atoms with Gasteiger partial charge in [-0.15, -0.1) is 0 Å². The van der Waals surface area contributed by atoms with Crippen molar-refractivity contribution in [2.75, 3.05) is 7.11 Å². The molecule has 0 bridgehead atoms. The Bertz CT molecular complexity index is 514. The van der Waals surface area contributed by atoms with Crippen molar-refractivity contribution < 1.29 is 9.53 Å². The number of ether oxygens (including phenoxy) is 1. The van der Waals surface area contributed by atoms with Crippen LogP contribution in [0.1, 0.15) is 21.6 Å². The third kappa shape index (κ3) is 2.56. The first-order valence-electron chi connectivity index (χ1n) is 5.48. The van der Waals surface area contributed by atoms with Gasteiger partial charge in [-0.1, -0.05) is 30.3 Å². The molecule has 88 valence electrons. The number of rotatable bonds is 3.